The van der Waals surface area contributed by atoms with E-state index in [1.807, 2.05) is 18.4 Å². The van der Waals surface area contributed by atoms with E-state index in [9.17, 15) is 9.59 Å². The quantitative estimate of drug-likeness (QED) is 0.221. The zero-order valence-corrected chi connectivity index (χ0v) is 16.1. The van der Waals surface area contributed by atoms with E-state index in [0.717, 1.165) is 43.8 Å². The Bertz CT molecular complexity index is 569. The molecule has 0 unspecified atom stereocenters. The van der Waals surface area contributed by atoms with Gasteiger partial charge in [-0.15, -0.1) is 11.3 Å². The van der Waals surface area contributed by atoms with E-state index >= 15 is 0 Å². The maximum absolute atomic E-state index is 11.4. The highest BCUT2D eigenvalue weighted by atomic mass is 32.2. The lowest BCUT2D eigenvalue weighted by Gasteiger charge is -2.30. The van der Waals surface area contributed by atoms with E-state index in [1.54, 1.807) is 23.3 Å². The van der Waals surface area contributed by atoms with Gasteiger partial charge in [0.05, 0.1) is 25.1 Å². The minimum absolute atomic E-state index is 0.111. The van der Waals surface area contributed by atoms with E-state index in [2.05, 4.69) is 14.6 Å². The van der Waals surface area contributed by atoms with Crippen LogP contribution in [0.3, 0.4) is 0 Å². The first-order valence-electron chi connectivity index (χ1n) is 8.55. The van der Waals surface area contributed by atoms with E-state index in [-0.39, 0.29) is 5.97 Å². The number of piperidine rings is 1. The fourth-order valence-electron chi connectivity index (χ4n) is 2.73. The van der Waals surface area contributed by atoms with Gasteiger partial charge < -0.3 is 10.1 Å². The molecule has 1 aromatic heterocycles. The lowest BCUT2D eigenvalue weighted by Crippen LogP contribution is -2.29. The Morgan fingerprint density at radius 2 is 2.32 bits per heavy atom. The summed E-state index contributed by atoms with van der Waals surface area (Å²) in [6.07, 6.45) is 5.86. The van der Waals surface area contributed by atoms with Gasteiger partial charge in [-0.05, 0) is 43.6 Å². The third-order valence-electron chi connectivity index (χ3n) is 4.00. The van der Waals surface area contributed by atoms with Crippen molar-refractivity contribution in [1.82, 2.24) is 9.62 Å². The number of hydrogen-bond donors (Lipinski definition) is 1. The number of carbonyl (C=O) groups excluding carboxylic acids is 2. The Kier molecular flexibility index (Phi) is 8.99. The van der Waals surface area contributed by atoms with Gasteiger partial charge in [0.15, 0.2) is 0 Å². The number of esters is 1. The second kappa shape index (κ2) is 11.3. The molecule has 0 radical (unpaired) electrons. The minimum atomic E-state index is -0.111. The fourth-order valence-corrected chi connectivity index (χ4v) is 4.65. The molecule has 0 atom stereocenters. The number of aliphatic imine (C=N–C) groups is 1. The van der Waals surface area contributed by atoms with Crippen LogP contribution in [0, 0.1) is 5.92 Å². The molecule has 138 valence electrons. The van der Waals surface area contributed by atoms with E-state index in [4.69, 9.17) is 4.74 Å². The van der Waals surface area contributed by atoms with Crippen LogP contribution in [-0.2, 0) is 20.7 Å². The Morgan fingerprint density at radius 3 is 3.04 bits per heavy atom. The van der Waals surface area contributed by atoms with Crippen LogP contribution in [-0.4, -0.2) is 48.5 Å². The second-order valence-electron chi connectivity index (χ2n) is 5.74. The van der Waals surface area contributed by atoms with Crippen molar-refractivity contribution in [1.29, 1.82) is 0 Å². The van der Waals surface area contributed by atoms with Crippen molar-refractivity contribution in [2.75, 3.05) is 25.4 Å². The van der Waals surface area contributed by atoms with Gasteiger partial charge in [0.1, 0.15) is 0 Å². The summed E-state index contributed by atoms with van der Waals surface area (Å²) in [5, 5.41) is 4.49. The van der Waals surface area contributed by atoms with Crippen molar-refractivity contribution in [3.05, 3.63) is 16.3 Å². The highest BCUT2D eigenvalue weighted by Crippen LogP contribution is 2.32. The van der Waals surface area contributed by atoms with Crippen LogP contribution in [0.5, 0.6) is 0 Å². The lowest BCUT2D eigenvalue weighted by atomic mass is 9.94. The summed E-state index contributed by atoms with van der Waals surface area (Å²) in [5.74, 6) is 1.34. The molecule has 0 aromatic carbocycles. The second-order valence-corrected chi connectivity index (χ2v) is 7.92. The van der Waals surface area contributed by atoms with Crippen molar-refractivity contribution in [3.8, 4) is 0 Å². The maximum Gasteiger partial charge on any atom is 0.306 e. The zero-order valence-electron chi connectivity index (χ0n) is 14.5. The van der Waals surface area contributed by atoms with E-state index in [1.165, 1.54) is 11.2 Å². The monoisotopic (exact) mass is 383 g/mol. The molecule has 0 bridgehead atoms. The van der Waals surface area contributed by atoms with Gasteiger partial charge in [-0.3, -0.25) is 13.9 Å². The normalized spacial score (nSPS) is 16.2. The van der Waals surface area contributed by atoms with Gasteiger partial charge in [-0.1, -0.05) is 11.9 Å². The first-order chi connectivity index (χ1) is 12.2. The molecule has 2 rings (SSSR count). The summed E-state index contributed by atoms with van der Waals surface area (Å²) in [7, 11) is 0. The largest absolute Gasteiger partial charge is 0.466 e. The van der Waals surface area contributed by atoms with Crippen LogP contribution in [0.2, 0.25) is 0 Å². The molecule has 1 aromatic rings. The predicted octanol–water partition coefficient (Wildman–Crippen LogP) is 3.01. The third kappa shape index (κ3) is 7.17. The van der Waals surface area contributed by atoms with Crippen molar-refractivity contribution in [3.63, 3.8) is 0 Å². The molecule has 1 amide bonds. The summed E-state index contributed by atoms with van der Waals surface area (Å²) in [4.78, 5) is 27.2. The number of nitrogens with one attached hydrogen (secondary N) is 1. The summed E-state index contributed by atoms with van der Waals surface area (Å²) in [5.41, 5.74) is 0.950. The number of thiophene rings is 1. The van der Waals surface area contributed by atoms with Crippen LogP contribution in [0.15, 0.2) is 16.4 Å². The average molecular weight is 384 g/mol. The van der Waals surface area contributed by atoms with Crippen LogP contribution < -0.4 is 5.32 Å². The molecule has 1 N–H and O–H groups in total. The van der Waals surface area contributed by atoms with Gasteiger partial charge >= 0.3 is 5.97 Å². The molecule has 0 aliphatic carbocycles. The summed E-state index contributed by atoms with van der Waals surface area (Å²) >= 11 is 3.47. The number of rotatable bonds is 10. The zero-order chi connectivity index (χ0) is 17.9. The molecule has 8 heteroatoms. The van der Waals surface area contributed by atoms with E-state index < -0.39 is 0 Å². The Balaban J connectivity index is 1.69. The standard InChI is InChI=1S/C17H25N3O3S2/c1-2-23-17(22)6-10-25-20-7-3-14(4-8-20)11-16-15(5-9-24-16)19-12-18-13-21/h5,9,12-14H,2-4,6-8,10-11H2,1H3,(H,18,19,21). The van der Waals surface area contributed by atoms with Crippen LogP contribution in [0.25, 0.3) is 0 Å². The third-order valence-corrected chi connectivity index (χ3v) is 6.05. The lowest BCUT2D eigenvalue weighted by molar-refractivity contribution is -0.142. The molecule has 1 saturated heterocycles. The highest BCUT2D eigenvalue weighted by Gasteiger charge is 2.21. The summed E-state index contributed by atoms with van der Waals surface area (Å²) < 4.78 is 7.31. The fraction of sp³-hybridized carbons (Fsp3) is 0.588. The number of ether oxygens (including phenoxy) is 1. The Morgan fingerprint density at radius 1 is 1.52 bits per heavy atom. The van der Waals surface area contributed by atoms with Crippen LogP contribution in [0.1, 0.15) is 31.1 Å². The van der Waals surface area contributed by atoms with Crippen molar-refractivity contribution >= 4 is 47.7 Å². The van der Waals surface area contributed by atoms with Crippen LogP contribution >= 0.6 is 23.3 Å². The maximum atomic E-state index is 11.4. The molecular formula is C17H25N3O3S2. The predicted molar refractivity (Wildman–Crippen MR) is 103 cm³/mol. The molecular weight excluding hydrogens is 358 g/mol. The Hall–Kier alpha value is -1.38. The van der Waals surface area contributed by atoms with E-state index in [0.29, 0.717) is 25.4 Å². The minimum Gasteiger partial charge on any atom is -0.466 e. The molecule has 0 spiro atoms. The van der Waals surface area contributed by atoms with Crippen molar-refractivity contribution < 1.29 is 14.3 Å². The first-order valence-corrected chi connectivity index (χ1v) is 10.4. The molecule has 1 aliphatic rings. The van der Waals surface area contributed by atoms with Crippen LogP contribution in [0.4, 0.5) is 5.69 Å². The number of carbonyl (C=O) groups is 2. The van der Waals surface area contributed by atoms with Gasteiger partial charge in [0, 0.05) is 23.7 Å². The van der Waals surface area contributed by atoms with Gasteiger partial charge in [0.2, 0.25) is 6.41 Å². The Labute approximate surface area is 157 Å². The molecule has 2 heterocycles. The SMILES string of the molecule is CCOC(=O)CCSN1CCC(Cc2sccc2N=CNC=O)CC1. The number of amides is 1. The smallest absolute Gasteiger partial charge is 0.306 e. The molecule has 1 fully saturated rings. The van der Waals surface area contributed by atoms with Gasteiger partial charge in [-0.2, -0.15) is 0 Å². The van der Waals surface area contributed by atoms with Crippen molar-refractivity contribution in [2.45, 2.75) is 32.6 Å². The summed E-state index contributed by atoms with van der Waals surface area (Å²) in [6.45, 7) is 4.39. The van der Waals surface area contributed by atoms with Gasteiger partial charge in [0.25, 0.3) is 0 Å². The molecule has 6 nitrogen and oxygen atoms in total. The number of hydrogen-bond acceptors (Lipinski definition) is 7. The van der Waals surface area contributed by atoms with Gasteiger partial charge in [-0.25, -0.2) is 4.99 Å². The average Bonchev–Trinajstić information content (AvgIpc) is 3.04. The topological polar surface area (TPSA) is 71.0 Å². The molecule has 1 aliphatic heterocycles. The van der Waals surface area contributed by atoms with Crippen molar-refractivity contribution in [2.24, 2.45) is 10.9 Å². The molecule has 0 saturated carbocycles. The first kappa shape index (κ1) is 19.9. The summed E-state index contributed by atoms with van der Waals surface area (Å²) in [6, 6.07) is 1.99. The molecule has 25 heavy (non-hydrogen) atoms. The highest BCUT2D eigenvalue weighted by molar-refractivity contribution is 7.97. The number of nitrogens with zero attached hydrogens (tertiary/aromatic N) is 2.